The van der Waals surface area contributed by atoms with Crippen molar-refractivity contribution < 1.29 is 9.84 Å². The Kier molecular flexibility index (Phi) is 2.09. The first-order valence-electron chi connectivity index (χ1n) is 5.38. The Hall–Kier alpha value is -2.01. The lowest BCUT2D eigenvalue weighted by Gasteiger charge is -2.09. The number of phenolic OH excluding ortho intramolecular Hbond substituents is 1. The van der Waals surface area contributed by atoms with Gasteiger partial charge in [-0.25, -0.2) is 0 Å². The van der Waals surface area contributed by atoms with Crippen molar-refractivity contribution in [3.05, 3.63) is 29.5 Å². The molecule has 5 nitrogen and oxygen atoms in total. The molecule has 2 aromatic rings. The molecule has 0 spiro atoms. The van der Waals surface area contributed by atoms with Crippen LogP contribution in [-0.2, 0) is 25.0 Å². The van der Waals surface area contributed by atoms with E-state index in [1.54, 1.807) is 24.0 Å². The second-order valence-corrected chi connectivity index (χ2v) is 4.16. The molecule has 1 aromatic heterocycles. The molecule has 17 heavy (non-hydrogen) atoms. The van der Waals surface area contributed by atoms with Crippen molar-refractivity contribution in [3.63, 3.8) is 0 Å². The summed E-state index contributed by atoms with van der Waals surface area (Å²) in [5, 5.41) is 14.1. The largest absolute Gasteiger partial charge is 0.507 e. The zero-order valence-electron chi connectivity index (χ0n) is 9.47. The molecule has 3 rings (SSSR count). The van der Waals surface area contributed by atoms with Gasteiger partial charge in [0.25, 0.3) is 0 Å². The lowest BCUT2D eigenvalue weighted by Crippen LogP contribution is -1.99. The summed E-state index contributed by atoms with van der Waals surface area (Å²) in [5.74, 6) is 0.759. The lowest BCUT2D eigenvalue weighted by molar-refractivity contribution is 0.134. The lowest BCUT2D eigenvalue weighted by atomic mass is 9.97. The zero-order valence-corrected chi connectivity index (χ0v) is 9.47. The van der Waals surface area contributed by atoms with E-state index in [4.69, 9.17) is 10.5 Å². The number of phenols is 1. The summed E-state index contributed by atoms with van der Waals surface area (Å²) in [7, 11) is 1.77. The molecule has 88 valence electrons. The number of nitrogen functional groups attached to an aromatic ring is 1. The Morgan fingerprint density at radius 3 is 2.94 bits per heavy atom. The maximum atomic E-state index is 10.0. The molecule has 0 unspecified atom stereocenters. The fraction of sp³-hybridized carbons (Fsp3) is 0.250. The number of rotatable bonds is 1. The summed E-state index contributed by atoms with van der Waals surface area (Å²) in [6.07, 6.45) is 1.67. The van der Waals surface area contributed by atoms with Crippen LogP contribution in [0.5, 0.6) is 5.75 Å². The molecule has 0 saturated carbocycles. The van der Waals surface area contributed by atoms with Gasteiger partial charge in [0.1, 0.15) is 11.6 Å². The van der Waals surface area contributed by atoms with Gasteiger partial charge in [-0.05, 0) is 17.2 Å². The van der Waals surface area contributed by atoms with E-state index in [0.29, 0.717) is 19.0 Å². The van der Waals surface area contributed by atoms with E-state index >= 15 is 0 Å². The molecule has 1 aliphatic heterocycles. The molecular formula is C12H13N3O2. The van der Waals surface area contributed by atoms with Crippen LogP contribution in [0.15, 0.2) is 18.3 Å². The molecule has 0 amide bonds. The fourth-order valence-corrected chi connectivity index (χ4v) is 2.18. The number of anilines is 1. The predicted molar refractivity (Wildman–Crippen MR) is 63.2 cm³/mol. The minimum atomic E-state index is 0.217. The van der Waals surface area contributed by atoms with Crippen molar-refractivity contribution in [2.75, 3.05) is 5.73 Å². The molecule has 2 heterocycles. The Labute approximate surface area is 98.4 Å². The van der Waals surface area contributed by atoms with Crippen molar-refractivity contribution in [1.82, 2.24) is 9.78 Å². The SMILES string of the molecule is Cn1ncc(-c2c(O)ccc3c2COC3)c1N. The summed E-state index contributed by atoms with van der Waals surface area (Å²) >= 11 is 0. The molecule has 3 N–H and O–H groups in total. The number of ether oxygens (including phenoxy) is 1. The third kappa shape index (κ3) is 1.39. The Morgan fingerprint density at radius 1 is 1.41 bits per heavy atom. The van der Waals surface area contributed by atoms with Gasteiger partial charge in [0.05, 0.1) is 19.4 Å². The molecular weight excluding hydrogens is 218 g/mol. The third-order valence-electron chi connectivity index (χ3n) is 3.15. The Balaban J connectivity index is 2.27. The van der Waals surface area contributed by atoms with Crippen LogP contribution in [0.3, 0.4) is 0 Å². The summed E-state index contributed by atoms with van der Waals surface area (Å²) in [4.78, 5) is 0. The maximum Gasteiger partial charge on any atom is 0.129 e. The maximum absolute atomic E-state index is 10.0. The van der Waals surface area contributed by atoms with Crippen LogP contribution in [0, 0.1) is 0 Å². The zero-order chi connectivity index (χ0) is 12.0. The van der Waals surface area contributed by atoms with E-state index in [-0.39, 0.29) is 5.75 Å². The number of nitrogens with two attached hydrogens (primary N) is 1. The number of aromatic hydroxyl groups is 1. The highest BCUT2D eigenvalue weighted by Gasteiger charge is 2.22. The van der Waals surface area contributed by atoms with E-state index in [2.05, 4.69) is 5.10 Å². The van der Waals surface area contributed by atoms with Crippen LogP contribution in [0.2, 0.25) is 0 Å². The van der Waals surface area contributed by atoms with Crippen LogP contribution >= 0.6 is 0 Å². The van der Waals surface area contributed by atoms with Crippen LogP contribution in [0.1, 0.15) is 11.1 Å². The van der Waals surface area contributed by atoms with Crippen molar-refractivity contribution in [2.24, 2.45) is 7.05 Å². The topological polar surface area (TPSA) is 73.3 Å². The molecule has 0 atom stereocenters. The van der Waals surface area contributed by atoms with Crippen LogP contribution in [0.25, 0.3) is 11.1 Å². The van der Waals surface area contributed by atoms with E-state index in [9.17, 15) is 5.11 Å². The highest BCUT2D eigenvalue weighted by atomic mass is 16.5. The molecule has 0 radical (unpaired) electrons. The van der Waals surface area contributed by atoms with E-state index in [1.165, 1.54) is 0 Å². The molecule has 1 aromatic carbocycles. The molecule has 5 heteroatoms. The number of aryl methyl sites for hydroxylation is 1. The van der Waals surface area contributed by atoms with Gasteiger partial charge in [0.15, 0.2) is 0 Å². The summed E-state index contributed by atoms with van der Waals surface area (Å²) in [6.45, 7) is 1.09. The van der Waals surface area contributed by atoms with Crippen molar-refractivity contribution in [2.45, 2.75) is 13.2 Å². The van der Waals surface area contributed by atoms with Crippen molar-refractivity contribution in [1.29, 1.82) is 0 Å². The van der Waals surface area contributed by atoms with Crippen LogP contribution < -0.4 is 5.73 Å². The molecule has 0 saturated heterocycles. The fourth-order valence-electron chi connectivity index (χ4n) is 2.18. The monoisotopic (exact) mass is 231 g/mol. The predicted octanol–water partition coefficient (Wildman–Crippen LogP) is 1.41. The molecule has 0 fully saturated rings. The number of hydrogen-bond acceptors (Lipinski definition) is 4. The normalized spacial score (nSPS) is 13.9. The van der Waals surface area contributed by atoms with E-state index < -0.39 is 0 Å². The number of fused-ring (bicyclic) bond motifs is 1. The molecule has 0 aliphatic carbocycles. The van der Waals surface area contributed by atoms with Gasteiger partial charge >= 0.3 is 0 Å². The smallest absolute Gasteiger partial charge is 0.129 e. The van der Waals surface area contributed by atoms with Gasteiger partial charge in [-0.15, -0.1) is 0 Å². The number of benzene rings is 1. The Morgan fingerprint density at radius 2 is 2.24 bits per heavy atom. The van der Waals surface area contributed by atoms with Gasteiger partial charge in [0, 0.05) is 18.2 Å². The van der Waals surface area contributed by atoms with E-state index in [1.807, 2.05) is 6.07 Å². The Bertz CT molecular complexity index is 590. The van der Waals surface area contributed by atoms with Crippen LogP contribution in [0.4, 0.5) is 5.82 Å². The second kappa shape index (κ2) is 3.49. The van der Waals surface area contributed by atoms with Crippen molar-refractivity contribution >= 4 is 5.82 Å². The first kappa shape index (κ1) is 10.2. The number of aromatic nitrogens is 2. The summed E-state index contributed by atoms with van der Waals surface area (Å²) < 4.78 is 6.99. The molecule has 1 aliphatic rings. The van der Waals surface area contributed by atoms with Gasteiger partial charge in [-0.2, -0.15) is 5.10 Å². The van der Waals surface area contributed by atoms with Gasteiger partial charge in [0.2, 0.25) is 0 Å². The van der Waals surface area contributed by atoms with E-state index in [0.717, 1.165) is 22.3 Å². The summed E-state index contributed by atoms with van der Waals surface area (Å²) in [5.41, 5.74) is 9.55. The van der Waals surface area contributed by atoms with Crippen LogP contribution in [-0.4, -0.2) is 14.9 Å². The van der Waals surface area contributed by atoms with Gasteiger partial charge in [-0.3, -0.25) is 4.68 Å². The molecule has 0 bridgehead atoms. The van der Waals surface area contributed by atoms with Crippen molar-refractivity contribution in [3.8, 4) is 16.9 Å². The average Bonchev–Trinajstić information content (AvgIpc) is 2.89. The second-order valence-electron chi connectivity index (χ2n) is 4.16. The number of hydrogen-bond donors (Lipinski definition) is 2. The minimum Gasteiger partial charge on any atom is -0.507 e. The van der Waals surface area contributed by atoms with Gasteiger partial charge in [-0.1, -0.05) is 6.07 Å². The average molecular weight is 231 g/mol. The summed E-state index contributed by atoms with van der Waals surface area (Å²) in [6, 6.07) is 3.56. The third-order valence-corrected chi connectivity index (χ3v) is 3.15. The highest BCUT2D eigenvalue weighted by molar-refractivity contribution is 5.81. The number of nitrogens with zero attached hydrogens (tertiary/aromatic N) is 2. The van der Waals surface area contributed by atoms with Gasteiger partial charge < -0.3 is 15.6 Å². The minimum absolute atomic E-state index is 0.217. The quantitative estimate of drug-likeness (QED) is 0.778. The standard InChI is InChI=1S/C12H13N3O2/c1-15-12(13)8(4-14-15)11-9-6-17-5-7(9)2-3-10(11)16/h2-4,16H,5-6,13H2,1H3. The highest BCUT2D eigenvalue weighted by Crippen LogP contribution is 2.40. The first-order valence-corrected chi connectivity index (χ1v) is 5.38. The first-order chi connectivity index (χ1) is 8.18.